The summed E-state index contributed by atoms with van der Waals surface area (Å²) >= 11 is 1.59. The first-order valence-electron chi connectivity index (χ1n) is 7.46. The van der Waals surface area contributed by atoms with E-state index in [4.69, 9.17) is 4.74 Å². The first-order chi connectivity index (χ1) is 10.3. The molecule has 2 heterocycles. The van der Waals surface area contributed by atoms with Crippen molar-refractivity contribution in [1.82, 2.24) is 9.88 Å². The molecule has 1 amide bonds. The van der Waals surface area contributed by atoms with Gasteiger partial charge in [0.2, 0.25) is 0 Å². The number of thioether (sulfide) groups is 1. The lowest BCUT2D eigenvalue weighted by atomic mass is 9.88. The Kier molecular flexibility index (Phi) is 5.34. The second kappa shape index (κ2) is 6.87. The van der Waals surface area contributed by atoms with Crippen molar-refractivity contribution in [3.05, 3.63) is 23.9 Å². The highest BCUT2D eigenvalue weighted by molar-refractivity contribution is 7.98. The van der Waals surface area contributed by atoms with Gasteiger partial charge in [0.1, 0.15) is 5.60 Å². The maximum atomic E-state index is 12.1. The van der Waals surface area contributed by atoms with Crippen LogP contribution in [0.25, 0.3) is 0 Å². The summed E-state index contributed by atoms with van der Waals surface area (Å²) < 4.78 is 5.36. The lowest BCUT2D eigenvalue weighted by molar-refractivity contribution is -0.00155. The van der Waals surface area contributed by atoms with E-state index in [0.29, 0.717) is 19.5 Å². The topological polar surface area (TPSA) is 62.7 Å². The van der Waals surface area contributed by atoms with Crippen LogP contribution in [0.1, 0.15) is 38.7 Å². The van der Waals surface area contributed by atoms with E-state index in [1.807, 2.05) is 45.4 Å². The molecule has 0 radical (unpaired) electrons. The molecule has 1 saturated heterocycles. The van der Waals surface area contributed by atoms with Crippen molar-refractivity contribution in [2.24, 2.45) is 0 Å². The van der Waals surface area contributed by atoms with E-state index < -0.39 is 11.7 Å². The lowest BCUT2D eigenvalue weighted by Crippen LogP contribution is -2.47. The van der Waals surface area contributed by atoms with Crippen LogP contribution in [0.4, 0.5) is 4.79 Å². The number of β-amino-alcohol motifs (C(OH)–C–C–N with tert-alkyl or cyclic N) is 1. The number of aromatic nitrogens is 1. The number of rotatable bonds is 2. The van der Waals surface area contributed by atoms with E-state index in [1.165, 1.54) is 0 Å². The molecule has 2 unspecified atom stereocenters. The van der Waals surface area contributed by atoms with Crippen LogP contribution in [0.5, 0.6) is 0 Å². The molecule has 0 bridgehead atoms. The molecule has 22 heavy (non-hydrogen) atoms. The SMILES string of the molecule is CSc1ccc(C2CCN(C(=O)OC(C)(C)C)CC2O)cn1. The Morgan fingerprint density at radius 1 is 1.45 bits per heavy atom. The molecule has 0 aromatic carbocycles. The third kappa shape index (κ3) is 4.36. The van der Waals surface area contributed by atoms with Gasteiger partial charge in [-0.3, -0.25) is 0 Å². The molecule has 1 aliphatic rings. The van der Waals surface area contributed by atoms with Crippen molar-refractivity contribution < 1.29 is 14.6 Å². The normalized spacial score (nSPS) is 22.5. The van der Waals surface area contributed by atoms with Crippen LogP contribution in [-0.2, 0) is 4.74 Å². The molecule has 1 fully saturated rings. The number of aliphatic hydroxyl groups is 1. The molecular weight excluding hydrogens is 300 g/mol. The Labute approximate surface area is 136 Å². The number of carbonyl (C=O) groups is 1. The summed E-state index contributed by atoms with van der Waals surface area (Å²) in [6, 6.07) is 3.98. The van der Waals surface area contributed by atoms with Gasteiger partial charge in [-0.25, -0.2) is 9.78 Å². The molecule has 2 rings (SSSR count). The maximum Gasteiger partial charge on any atom is 0.410 e. The van der Waals surface area contributed by atoms with Crippen molar-refractivity contribution in [3.8, 4) is 0 Å². The lowest BCUT2D eigenvalue weighted by Gasteiger charge is -2.36. The molecule has 0 spiro atoms. The average Bonchev–Trinajstić information content (AvgIpc) is 2.45. The Hall–Kier alpha value is -1.27. The third-order valence-electron chi connectivity index (χ3n) is 3.63. The minimum atomic E-state index is -0.594. The molecule has 1 aromatic heterocycles. The predicted molar refractivity (Wildman–Crippen MR) is 87.2 cm³/mol. The summed E-state index contributed by atoms with van der Waals surface area (Å²) in [6.07, 6.45) is 3.56. The molecule has 122 valence electrons. The maximum absolute atomic E-state index is 12.1. The monoisotopic (exact) mass is 324 g/mol. The van der Waals surface area contributed by atoms with Gasteiger partial charge in [-0.2, -0.15) is 0 Å². The molecular formula is C16H24N2O3S. The van der Waals surface area contributed by atoms with E-state index in [2.05, 4.69) is 4.98 Å². The third-order valence-corrected chi connectivity index (χ3v) is 4.29. The summed E-state index contributed by atoms with van der Waals surface area (Å²) in [5, 5.41) is 11.3. The van der Waals surface area contributed by atoms with Crippen LogP contribution in [0.15, 0.2) is 23.4 Å². The highest BCUT2D eigenvalue weighted by Gasteiger charge is 2.33. The Balaban J connectivity index is 1.98. The first kappa shape index (κ1) is 17.1. The molecule has 0 aliphatic carbocycles. The zero-order valence-electron chi connectivity index (χ0n) is 13.6. The van der Waals surface area contributed by atoms with Crippen molar-refractivity contribution >= 4 is 17.9 Å². The van der Waals surface area contributed by atoms with Crippen molar-refractivity contribution in [2.45, 2.75) is 49.8 Å². The van der Waals surface area contributed by atoms with Gasteiger partial charge in [0.15, 0.2) is 0 Å². The zero-order valence-corrected chi connectivity index (χ0v) is 14.4. The number of pyridine rings is 1. The minimum absolute atomic E-state index is 0.0158. The van der Waals surface area contributed by atoms with E-state index in [1.54, 1.807) is 16.7 Å². The summed E-state index contributed by atoms with van der Waals surface area (Å²) in [5.74, 6) is 0.0158. The zero-order chi connectivity index (χ0) is 16.3. The number of hydrogen-bond donors (Lipinski definition) is 1. The van der Waals surface area contributed by atoms with Gasteiger partial charge in [-0.15, -0.1) is 11.8 Å². The van der Waals surface area contributed by atoms with Gasteiger partial charge in [0.25, 0.3) is 0 Å². The number of hydrogen-bond acceptors (Lipinski definition) is 5. The molecule has 6 heteroatoms. The van der Waals surface area contributed by atoms with Crippen LogP contribution in [0, 0.1) is 0 Å². The Bertz CT molecular complexity index is 513. The summed E-state index contributed by atoms with van der Waals surface area (Å²) in [4.78, 5) is 18.0. The van der Waals surface area contributed by atoms with E-state index in [0.717, 1.165) is 10.6 Å². The number of nitrogens with zero attached hydrogens (tertiary/aromatic N) is 2. The number of likely N-dealkylation sites (tertiary alicyclic amines) is 1. The average molecular weight is 324 g/mol. The summed E-state index contributed by atoms with van der Waals surface area (Å²) in [6.45, 7) is 6.40. The van der Waals surface area contributed by atoms with Crippen LogP contribution in [0.2, 0.25) is 0 Å². The van der Waals surface area contributed by atoms with Crippen molar-refractivity contribution in [3.63, 3.8) is 0 Å². The number of aliphatic hydroxyl groups excluding tert-OH is 1. The largest absolute Gasteiger partial charge is 0.444 e. The first-order valence-corrected chi connectivity index (χ1v) is 8.68. The van der Waals surface area contributed by atoms with Gasteiger partial charge in [-0.05, 0) is 45.1 Å². The fraction of sp³-hybridized carbons (Fsp3) is 0.625. The van der Waals surface area contributed by atoms with Crippen LogP contribution < -0.4 is 0 Å². The highest BCUT2D eigenvalue weighted by atomic mass is 32.2. The van der Waals surface area contributed by atoms with Crippen molar-refractivity contribution in [1.29, 1.82) is 0 Å². The van der Waals surface area contributed by atoms with Gasteiger partial charge >= 0.3 is 6.09 Å². The predicted octanol–water partition coefficient (Wildman–Crippen LogP) is 2.89. The van der Waals surface area contributed by atoms with E-state index in [9.17, 15) is 9.90 Å². The van der Waals surface area contributed by atoms with Crippen LogP contribution >= 0.6 is 11.8 Å². The summed E-state index contributed by atoms with van der Waals surface area (Å²) in [7, 11) is 0. The van der Waals surface area contributed by atoms with E-state index >= 15 is 0 Å². The van der Waals surface area contributed by atoms with Gasteiger partial charge < -0.3 is 14.7 Å². The Morgan fingerprint density at radius 3 is 2.68 bits per heavy atom. The number of ether oxygens (including phenoxy) is 1. The fourth-order valence-corrected chi connectivity index (χ4v) is 2.91. The standard InChI is InChI=1S/C16H24N2O3S/c1-16(2,3)21-15(20)18-8-7-12(13(19)10-18)11-5-6-14(22-4)17-9-11/h5-6,9,12-13,19H,7-8,10H2,1-4H3. The van der Waals surface area contributed by atoms with Gasteiger partial charge in [0, 0.05) is 18.7 Å². The molecule has 0 saturated carbocycles. The van der Waals surface area contributed by atoms with Crippen molar-refractivity contribution in [2.75, 3.05) is 19.3 Å². The molecule has 5 nitrogen and oxygen atoms in total. The number of carbonyl (C=O) groups excluding carboxylic acids is 1. The molecule has 2 atom stereocenters. The number of piperidine rings is 1. The van der Waals surface area contributed by atoms with Crippen LogP contribution in [0.3, 0.4) is 0 Å². The smallest absolute Gasteiger partial charge is 0.410 e. The minimum Gasteiger partial charge on any atom is -0.444 e. The molecule has 1 aromatic rings. The molecule has 1 N–H and O–H groups in total. The van der Waals surface area contributed by atoms with Crippen LogP contribution in [-0.4, -0.2) is 52.1 Å². The van der Waals surface area contributed by atoms with Gasteiger partial charge in [0.05, 0.1) is 17.7 Å². The van der Waals surface area contributed by atoms with Gasteiger partial charge in [-0.1, -0.05) is 6.07 Å². The highest BCUT2D eigenvalue weighted by Crippen LogP contribution is 2.29. The fourth-order valence-electron chi connectivity index (χ4n) is 2.54. The second-order valence-corrected chi connectivity index (χ2v) is 7.35. The Morgan fingerprint density at radius 2 is 2.18 bits per heavy atom. The quantitative estimate of drug-likeness (QED) is 0.848. The van der Waals surface area contributed by atoms with E-state index in [-0.39, 0.29) is 12.0 Å². The summed E-state index contributed by atoms with van der Waals surface area (Å²) in [5.41, 5.74) is 0.505. The second-order valence-electron chi connectivity index (χ2n) is 6.52. The number of amides is 1. The molecule has 1 aliphatic heterocycles.